The fraction of sp³-hybridized carbons (Fsp3) is 0.412. The maximum Gasteiger partial charge on any atom is 0.229 e. The van der Waals surface area contributed by atoms with Gasteiger partial charge in [0.05, 0.1) is 0 Å². The lowest BCUT2D eigenvalue weighted by molar-refractivity contribution is -0.121. The van der Waals surface area contributed by atoms with Gasteiger partial charge >= 0.3 is 0 Å². The van der Waals surface area contributed by atoms with Crippen molar-refractivity contribution in [3.8, 4) is 0 Å². The largest absolute Gasteiger partial charge is 0.316 e. The third-order valence-electron chi connectivity index (χ3n) is 4.32. The zero-order valence-corrected chi connectivity index (χ0v) is 16.9. The number of aryl methyl sites for hydroxylation is 1. The van der Waals surface area contributed by atoms with Crippen molar-refractivity contribution in [2.75, 3.05) is 18.4 Å². The molecule has 0 aliphatic carbocycles. The Balaban J connectivity index is 0.00000208. The molecule has 1 amide bonds. The number of hydrogen-bond donors (Lipinski definition) is 2. The second kappa shape index (κ2) is 8.43. The SMILES string of the molecule is Cc1cc(Cc2cnc(NC(=O)C(C)C3CNC3)s2)ccc1Br.Cl. The molecule has 0 radical (unpaired) electrons. The van der Waals surface area contributed by atoms with Crippen molar-refractivity contribution in [2.24, 2.45) is 11.8 Å². The van der Waals surface area contributed by atoms with Gasteiger partial charge in [-0.15, -0.1) is 23.7 Å². The van der Waals surface area contributed by atoms with Crippen LogP contribution in [0.4, 0.5) is 5.13 Å². The number of hydrogen-bond acceptors (Lipinski definition) is 4. The second-order valence-corrected chi connectivity index (χ2v) is 8.06. The van der Waals surface area contributed by atoms with Crippen LogP contribution < -0.4 is 10.6 Å². The minimum absolute atomic E-state index is 0. The van der Waals surface area contributed by atoms with Crippen molar-refractivity contribution in [1.29, 1.82) is 0 Å². The van der Waals surface area contributed by atoms with Crippen LogP contribution >= 0.6 is 39.7 Å². The molecule has 1 aromatic heterocycles. The molecule has 2 aromatic rings. The lowest BCUT2D eigenvalue weighted by atomic mass is 9.88. The van der Waals surface area contributed by atoms with Crippen LogP contribution in [0, 0.1) is 18.8 Å². The van der Waals surface area contributed by atoms with Crippen LogP contribution in [0.3, 0.4) is 0 Å². The summed E-state index contributed by atoms with van der Waals surface area (Å²) in [6.07, 6.45) is 2.69. The molecule has 2 heterocycles. The summed E-state index contributed by atoms with van der Waals surface area (Å²) in [5, 5.41) is 6.85. The Morgan fingerprint density at radius 1 is 1.50 bits per heavy atom. The summed E-state index contributed by atoms with van der Waals surface area (Å²) in [6.45, 7) is 5.93. The van der Waals surface area contributed by atoms with Crippen molar-refractivity contribution < 1.29 is 4.79 Å². The second-order valence-electron chi connectivity index (χ2n) is 6.09. The number of amides is 1. The highest BCUT2D eigenvalue weighted by Gasteiger charge is 2.29. The molecule has 130 valence electrons. The highest BCUT2D eigenvalue weighted by molar-refractivity contribution is 9.10. The molecular formula is C17H21BrClN3OS. The molecule has 1 saturated heterocycles. The Morgan fingerprint density at radius 3 is 2.88 bits per heavy atom. The summed E-state index contributed by atoms with van der Waals surface area (Å²) in [6, 6.07) is 6.36. The summed E-state index contributed by atoms with van der Waals surface area (Å²) in [5.74, 6) is 0.537. The maximum absolute atomic E-state index is 12.2. The van der Waals surface area contributed by atoms with E-state index in [1.54, 1.807) is 11.3 Å². The van der Waals surface area contributed by atoms with E-state index in [2.05, 4.69) is 56.7 Å². The van der Waals surface area contributed by atoms with Gasteiger partial charge < -0.3 is 10.6 Å². The predicted octanol–water partition coefficient (Wildman–Crippen LogP) is 4.02. The van der Waals surface area contributed by atoms with E-state index in [4.69, 9.17) is 0 Å². The topological polar surface area (TPSA) is 54.0 Å². The van der Waals surface area contributed by atoms with Crippen LogP contribution in [-0.2, 0) is 11.2 Å². The quantitative estimate of drug-likeness (QED) is 0.753. The smallest absolute Gasteiger partial charge is 0.229 e. The van der Waals surface area contributed by atoms with Crippen molar-refractivity contribution in [3.63, 3.8) is 0 Å². The standard InChI is InChI=1S/C17H20BrN3OS.ClH/c1-10-5-12(3-4-15(10)18)6-14-9-20-17(23-14)21-16(22)11(2)13-7-19-8-13;/h3-5,9,11,13,19H,6-8H2,1-2H3,(H,20,21,22);1H. The number of thiazole rings is 1. The van der Waals surface area contributed by atoms with Crippen LogP contribution in [0.2, 0.25) is 0 Å². The van der Waals surface area contributed by atoms with E-state index in [0.29, 0.717) is 11.0 Å². The Kier molecular flexibility index (Phi) is 6.80. The number of nitrogens with one attached hydrogen (secondary N) is 2. The number of carbonyl (C=O) groups excluding carboxylic acids is 1. The number of anilines is 1. The van der Waals surface area contributed by atoms with Crippen LogP contribution in [0.25, 0.3) is 0 Å². The Hall–Kier alpha value is -0.950. The van der Waals surface area contributed by atoms with Gasteiger partial charge in [-0.2, -0.15) is 0 Å². The highest BCUT2D eigenvalue weighted by atomic mass is 79.9. The van der Waals surface area contributed by atoms with Crippen LogP contribution in [0.1, 0.15) is 22.9 Å². The molecule has 0 bridgehead atoms. The van der Waals surface area contributed by atoms with E-state index in [-0.39, 0.29) is 24.2 Å². The van der Waals surface area contributed by atoms with E-state index < -0.39 is 0 Å². The van der Waals surface area contributed by atoms with Crippen LogP contribution in [0.5, 0.6) is 0 Å². The van der Waals surface area contributed by atoms with Gasteiger partial charge in [0.25, 0.3) is 0 Å². The summed E-state index contributed by atoms with van der Waals surface area (Å²) >= 11 is 5.07. The van der Waals surface area contributed by atoms with Gasteiger partial charge in [-0.25, -0.2) is 4.98 Å². The third-order valence-corrected chi connectivity index (χ3v) is 6.12. The highest BCUT2D eigenvalue weighted by Crippen LogP contribution is 2.25. The van der Waals surface area contributed by atoms with Crippen LogP contribution in [0.15, 0.2) is 28.9 Å². The van der Waals surface area contributed by atoms with Crippen molar-refractivity contribution >= 4 is 50.7 Å². The van der Waals surface area contributed by atoms with E-state index >= 15 is 0 Å². The first-order valence-electron chi connectivity index (χ1n) is 7.74. The van der Waals surface area contributed by atoms with Gasteiger partial charge in [0.1, 0.15) is 0 Å². The molecule has 0 spiro atoms. The molecule has 1 aliphatic heterocycles. The van der Waals surface area contributed by atoms with Gasteiger partial charge in [-0.3, -0.25) is 4.79 Å². The van der Waals surface area contributed by atoms with Crippen molar-refractivity contribution in [2.45, 2.75) is 20.3 Å². The van der Waals surface area contributed by atoms with E-state index in [0.717, 1.165) is 28.9 Å². The zero-order valence-electron chi connectivity index (χ0n) is 13.6. The molecule has 3 rings (SSSR count). The number of benzene rings is 1. The molecule has 1 fully saturated rings. The lowest BCUT2D eigenvalue weighted by Crippen LogP contribution is -2.48. The van der Waals surface area contributed by atoms with E-state index in [1.807, 2.05) is 13.1 Å². The van der Waals surface area contributed by atoms with E-state index in [9.17, 15) is 4.79 Å². The summed E-state index contributed by atoms with van der Waals surface area (Å²) in [7, 11) is 0. The lowest BCUT2D eigenvalue weighted by Gasteiger charge is -2.31. The number of aromatic nitrogens is 1. The van der Waals surface area contributed by atoms with Crippen molar-refractivity contribution in [3.05, 3.63) is 44.9 Å². The van der Waals surface area contributed by atoms with Gasteiger partial charge in [-0.1, -0.05) is 35.0 Å². The molecule has 1 atom stereocenters. The first kappa shape index (κ1) is 19.4. The minimum atomic E-state index is 0. The van der Waals surface area contributed by atoms with Crippen molar-refractivity contribution in [1.82, 2.24) is 10.3 Å². The molecule has 1 aromatic carbocycles. The molecule has 2 N–H and O–H groups in total. The predicted molar refractivity (Wildman–Crippen MR) is 105 cm³/mol. The molecule has 1 unspecified atom stereocenters. The van der Waals surface area contributed by atoms with Gasteiger partial charge in [-0.05, 0) is 43.1 Å². The summed E-state index contributed by atoms with van der Waals surface area (Å²) in [4.78, 5) is 17.7. The van der Waals surface area contributed by atoms with Gasteiger partial charge in [0.2, 0.25) is 5.91 Å². The third kappa shape index (κ3) is 4.57. The van der Waals surface area contributed by atoms with Crippen LogP contribution in [-0.4, -0.2) is 24.0 Å². The Bertz CT molecular complexity index is 718. The first-order valence-corrected chi connectivity index (χ1v) is 9.35. The fourth-order valence-electron chi connectivity index (χ4n) is 2.56. The van der Waals surface area contributed by atoms with Gasteiger partial charge in [0.15, 0.2) is 5.13 Å². The monoisotopic (exact) mass is 429 g/mol. The Morgan fingerprint density at radius 2 is 2.25 bits per heavy atom. The zero-order chi connectivity index (χ0) is 16.4. The molecule has 1 aliphatic rings. The van der Waals surface area contributed by atoms with Gasteiger partial charge in [0, 0.05) is 27.9 Å². The molecular weight excluding hydrogens is 410 g/mol. The average molecular weight is 431 g/mol. The minimum Gasteiger partial charge on any atom is -0.316 e. The molecule has 7 heteroatoms. The maximum atomic E-state index is 12.2. The number of halogens is 2. The fourth-order valence-corrected chi connectivity index (χ4v) is 3.66. The van der Waals surface area contributed by atoms with E-state index in [1.165, 1.54) is 11.1 Å². The number of nitrogens with zero attached hydrogens (tertiary/aromatic N) is 1. The summed E-state index contributed by atoms with van der Waals surface area (Å²) < 4.78 is 1.12. The molecule has 24 heavy (non-hydrogen) atoms. The molecule has 0 saturated carbocycles. The number of rotatable bonds is 5. The molecule has 4 nitrogen and oxygen atoms in total. The average Bonchev–Trinajstić information content (AvgIpc) is 2.88. The number of carbonyl (C=O) groups is 1. The normalized spacial score (nSPS) is 15.3. The first-order chi connectivity index (χ1) is 11.0. The summed E-state index contributed by atoms with van der Waals surface area (Å²) in [5.41, 5.74) is 2.48. The Labute approximate surface area is 161 Å².